The lowest BCUT2D eigenvalue weighted by Crippen LogP contribution is -2.13. The molecule has 4 nitrogen and oxygen atoms in total. The molecule has 2 aromatic carbocycles. The number of aryl methyl sites for hydroxylation is 1. The predicted octanol–water partition coefficient (Wildman–Crippen LogP) is 5.90. The minimum atomic E-state index is -0.573. The molecule has 0 saturated heterocycles. The molecule has 0 aliphatic rings. The number of anilines is 1. The minimum Gasteiger partial charge on any atom is -0.490 e. The van der Waals surface area contributed by atoms with Gasteiger partial charge in [0.05, 0.1) is 17.8 Å². The number of rotatable bonds is 9. The molecule has 0 unspecified atom stereocenters. The molecule has 0 aliphatic heterocycles. The zero-order valence-corrected chi connectivity index (χ0v) is 17.1. The van der Waals surface area contributed by atoms with Crippen molar-refractivity contribution < 1.29 is 13.9 Å². The van der Waals surface area contributed by atoms with E-state index in [-0.39, 0.29) is 17.3 Å². The normalized spacial score (nSPS) is 10.6. The Bertz CT molecular complexity index is 1070. The molecule has 3 aromatic rings. The fraction of sp³-hybridized carbons (Fsp3) is 0.280. The third-order valence-corrected chi connectivity index (χ3v) is 4.78. The summed E-state index contributed by atoms with van der Waals surface area (Å²) in [6.07, 6.45) is 9.85. The topological polar surface area (TPSA) is 51.2 Å². The van der Waals surface area contributed by atoms with Crippen molar-refractivity contribution in [3.8, 4) is 18.1 Å². The highest BCUT2D eigenvalue weighted by atomic mass is 19.1. The number of halogens is 1. The highest BCUT2D eigenvalue weighted by molar-refractivity contribution is 6.06. The molecule has 1 amide bonds. The van der Waals surface area contributed by atoms with Gasteiger partial charge in [0.1, 0.15) is 0 Å². The maximum Gasteiger partial charge on any atom is 0.255 e. The van der Waals surface area contributed by atoms with Crippen LogP contribution in [0.1, 0.15) is 48.2 Å². The zero-order chi connectivity index (χ0) is 21.3. The van der Waals surface area contributed by atoms with Crippen LogP contribution in [0.4, 0.5) is 10.1 Å². The van der Waals surface area contributed by atoms with Crippen LogP contribution < -0.4 is 10.1 Å². The highest BCUT2D eigenvalue weighted by Gasteiger charge is 2.14. The van der Waals surface area contributed by atoms with Crippen molar-refractivity contribution in [1.29, 1.82) is 0 Å². The summed E-state index contributed by atoms with van der Waals surface area (Å²) in [6, 6.07) is 13.8. The van der Waals surface area contributed by atoms with Gasteiger partial charge in [-0.1, -0.05) is 25.0 Å². The second kappa shape index (κ2) is 10.4. The second-order valence-corrected chi connectivity index (χ2v) is 7.15. The number of pyridine rings is 1. The number of carbonyl (C=O) groups is 1. The zero-order valence-electron chi connectivity index (χ0n) is 17.1. The number of nitrogens with zero attached hydrogens (tertiary/aromatic N) is 1. The van der Waals surface area contributed by atoms with Gasteiger partial charge >= 0.3 is 0 Å². The van der Waals surface area contributed by atoms with Crippen LogP contribution in [0.2, 0.25) is 0 Å². The number of fused-ring (bicyclic) bond motifs is 1. The minimum absolute atomic E-state index is 0.0913. The lowest BCUT2D eigenvalue weighted by atomic mass is 10.1. The summed E-state index contributed by atoms with van der Waals surface area (Å²) in [5, 5.41) is 3.49. The van der Waals surface area contributed by atoms with Crippen molar-refractivity contribution in [2.75, 3.05) is 11.9 Å². The first-order valence-electron chi connectivity index (χ1n) is 10.1. The number of terminal acetylenes is 1. The number of nitrogens with one attached hydrogen (secondary N) is 1. The fourth-order valence-electron chi connectivity index (χ4n) is 3.15. The second-order valence-electron chi connectivity index (χ2n) is 7.15. The number of amides is 1. The van der Waals surface area contributed by atoms with Gasteiger partial charge in [-0.25, -0.2) is 4.39 Å². The van der Waals surface area contributed by atoms with Crippen molar-refractivity contribution in [3.05, 3.63) is 65.6 Å². The van der Waals surface area contributed by atoms with E-state index in [1.165, 1.54) is 6.07 Å². The molecular weight excluding hydrogens is 379 g/mol. The van der Waals surface area contributed by atoms with Gasteiger partial charge in [-0.05, 0) is 56.2 Å². The first kappa shape index (κ1) is 21.3. The molecule has 0 aliphatic carbocycles. The molecule has 0 saturated carbocycles. The van der Waals surface area contributed by atoms with E-state index >= 15 is 0 Å². The number of hydrogen-bond acceptors (Lipinski definition) is 3. The summed E-state index contributed by atoms with van der Waals surface area (Å²) >= 11 is 0. The molecule has 0 atom stereocenters. The van der Waals surface area contributed by atoms with Crippen molar-refractivity contribution in [1.82, 2.24) is 4.98 Å². The van der Waals surface area contributed by atoms with Gasteiger partial charge in [-0.2, -0.15) is 0 Å². The Hall–Kier alpha value is -3.39. The number of aromatic nitrogens is 1. The smallest absolute Gasteiger partial charge is 0.255 e. The molecule has 0 fully saturated rings. The summed E-state index contributed by atoms with van der Waals surface area (Å²) in [5.74, 6) is 1.79. The van der Waals surface area contributed by atoms with Crippen molar-refractivity contribution >= 4 is 22.5 Å². The van der Waals surface area contributed by atoms with Gasteiger partial charge in [-0.15, -0.1) is 12.3 Å². The van der Waals surface area contributed by atoms with E-state index < -0.39 is 5.82 Å². The number of carbonyl (C=O) groups excluding carboxylic acids is 1. The summed E-state index contributed by atoms with van der Waals surface area (Å²) in [7, 11) is 0. The Morgan fingerprint density at radius 2 is 1.97 bits per heavy atom. The van der Waals surface area contributed by atoms with Crippen LogP contribution in [0, 0.1) is 25.1 Å². The molecular formula is C25H25FN2O2. The van der Waals surface area contributed by atoms with E-state index in [0.717, 1.165) is 48.7 Å². The molecule has 1 heterocycles. The molecule has 5 heteroatoms. The SMILES string of the molecule is C#CCCCCCCOc1cccc(NC(=O)c2ccc3nc(C)ccc3c2)c1F. The van der Waals surface area contributed by atoms with E-state index in [4.69, 9.17) is 11.2 Å². The standard InChI is InChI=1S/C25H25FN2O2/c1-3-4-5-6-7-8-16-30-23-11-9-10-22(24(23)26)28-25(29)20-14-15-21-19(17-20)13-12-18(2)27-21/h1,9-15,17H,4-8,16H2,2H3,(H,28,29). The molecule has 30 heavy (non-hydrogen) atoms. The summed E-state index contributed by atoms with van der Waals surface area (Å²) in [4.78, 5) is 17.0. The number of unbranched alkanes of at least 4 members (excludes halogenated alkanes) is 4. The van der Waals surface area contributed by atoms with Gasteiger partial charge in [0.25, 0.3) is 5.91 Å². The monoisotopic (exact) mass is 404 g/mol. The largest absolute Gasteiger partial charge is 0.490 e. The lowest BCUT2D eigenvalue weighted by molar-refractivity contribution is 0.102. The molecule has 0 bridgehead atoms. The average molecular weight is 404 g/mol. The molecule has 0 spiro atoms. The van der Waals surface area contributed by atoms with Crippen LogP contribution in [-0.4, -0.2) is 17.5 Å². The van der Waals surface area contributed by atoms with Crippen LogP contribution in [0.3, 0.4) is 0 Å². The van der Waals surface area contributed by atoms with Gasteiger partial charge in [-0.3, -0.25) is 9.78 Å². The van der Waals surface area contributed by atoms with Crippen LogP contribution in [0.25, 0.3) is 10.9 Å². The van der Waals surface area contributed by atoms with Crippen molar-refractivity contribution in [3.63, 3.8) is 0 Å². The highest BCUT2D eigenvalue weighted by Crippen LogP contribution is 2.25. The number of ether oxygens (including phenoxy) is 1. The van der Waals surface area contributed by atoms with Crippen molar-refractivity contribution in [2.45, 2.75) is 39.0 Å². The molecule has 3 rings (SSSR count). The first-order valence-corrected chi connectivity index (χ1v) is 10.1. The predicted molar refractivity (Wildman–Crippen MR) is 118 cm³/mol. The van der Waals surface area contributed by atoms with E-state index in [2.05, 4.69) is 16.2 Å². The number of benzene rings is 2. The van der Waals surface area contributed by atoms with Crippen molar-refractivity contribution in [2.24, 2.45) is 0 Å². The Kier molecular flexibility index (Phi) is 7.40. The molecule has 154 valence electrons. The Labute approximate surface area is 176 Å². The third kappa shape index (κ3) is 5.57. The van der Waals surface area contributed by atoms with Crippen LogP contribution in [-0.2, 0) is 0 Å². The maximum atomic E-state index is 14.7. The van der Waals surface area contributed by atoms with E-state index in [1.807, 2.05) is 19.1 Å². The quantitative estimate of drug-likeness (QED) is 0.357. The van der Waals surface area contributed by atoms with Gasteiger partial charge in [0.15, 0.2) is 11.6 Å². The molecule has 1 N–H and O–H groups in total. The van der Waals surface area contributed by atoms with Gasteiger partial charge in [0, 0.05) is 23.1 Å². The average Bonchev–Trinajstić information content (AvgIpc) is 2.75. The van der Waals surface area contributed by atoms with Crippen LogP contribution in [0.15, 0.2) is 48.5 Å². The first-order chi connectivity index (χ1) is 14.6. The lowest BCUT2D eigenvalue weighted by Gasteiger charge is -2.11. The molecule has 0 radical (unpaired) electrons. The molecule has 1 aromatic heterocycles. The Balaban J connectivity index is 1.61. The maximum absolute atomic E-state index is 14.7. The third-order valence-electron chi connectivity index (χ3n) is 4.78. The summed E-state index contributed by atoms with van der Waals surface area (Å²) in [6.45, 7) is 2.33. The number of hydrogen-bond donors (Lipinski definition) is 1. The van der Waals surface area contributed by atoms with Crippen LogP contribution >= 0.6 is 0 Å². The van der Waals surface area contributed by atoms with E-state index in [9.17, 15) is 9.18 Å². The summed E-state index contributed by atoms with van der Waals surface area (Å²) < 4.78 is 20.3. The Morgan fingerprint density at radius 1 is 1.13 bits per heavy atom. The summed E-state index contributed by atoms with van der Waals surface area (Å²) in [5.41, 5.74) is 2.25. The van der Waals surface area contributed by atoms with Crippen LogP contribution in [0.5, 0.6) is 5.75 Å². The van der Waals surface area contributed by atoms with Gasteiger partial charge in [0.2, 0.25) is 0 Å². The Morgan fingerprint density at radius 3 is 2.80 bits per heavy atom. The van der Waals surface area contributed by atoms with E-state index in [0.29, 0.717) is 12.2 Å². The van der Waals surface area contributed by atoms with E-state index in [1.54, 1.807) is 30.3 Å². The fourth-order valence-corrected chi connectivity index (χ4v) is 3.15. The van der Waals surface area contributed by atoms with Gasteiger partial charge < -0.3 is 10.1 Å².